The van der Waals surface area contributed by atoms with Crippen molar-refractivity contribution in [3.8, 4) is 5.75 Å². The number of ether oxygens (including phenoxy) is 1. The highest BCUT2D eigenvalue weighted by molar-refractivity contribution is 7.92. The predicted octanol–water partition coefficient (Wildman–Crippen LogP) is 1.92. The van der Waals surface area contributed by atoms with Crippen LogP contribution in [0.15, 0.2) is 53.6 Å². The topological polar surface area (TPSA) is 88.1 Å². The smallest absolute Gasteiger partial charge is 0.260 e. The van der Waals surface area contributed by atoms with E-state index < -0.39 is 15.9 Å². The van der Waals surface area contributed by atoms with Crippen LogP contribution in [0.25, 0.3) is 0 Å². The molecule has 0 spiro atoms. The highest BCUT2D eigenvalue weighted by atomic mass is 32.2. The van der Waals surface area contributed by atoms with E-state index in [1.165, 1.54) is 6.21 Å². The van der Waals surface area contributed by atoms with Gasteiger partial charge in [0.1, 0.15) is 12.3 Å². The molecule has 7 nitrogen and oxygen atoms in total. The van der Waals surface area contributed by atoms with Gasteiger partial charge in [0, 0.05) is 0 Å². The molecule has 1 N–H and O–H groups in total. The van der Waals surface area contributed by atoms with Crippen LogP contribution in [0.5, 0.6) is 5.75 Å². The molecule has 1 amide bonds. The Morgan fingerprint density at radius 2 is 1.92 bits per heavy atom. The molecule has 0 aliphatic carbocycles. The van der Waals surface area contributed by atoms with E-state index in [1.807, 2.05) is 13.0 Å². The first-order valence-electron chi connectivity index (χ1n) is 7.80. The predicted molar refractivity (Wildman–Crippen MR) is 102 cm³/mol. The van der Waals surface area contributed by atoms with Gasteiger partial charge in [-0.3, -0.25) is 9.10 Å². The Morgan fingerprint density at radius 3 is 2.50 bits per heavy atom. The number of methoxy groups -OCH3 is 1. The van der Waals surface area contributed by atoms with Crippen LogP contribution in [0.4, 0.5) is 5.69 Å². The van der Waals surface area contributed by atoms with Crippen molar-refractivity contribution in [3.63, 3.8) is 0 Å². The second-order valence-corrected chi connectivity index (χ2v) is 7.58. The molecule has 0 atom stereocenters. The fourth-order valence-corrected chi connectivity index (χ4v) is 3.07. The zero-order valence-electron chi connectivity index (χ0n) is 14.8. The molecule has 0 fully saturated rings. The fraction of sp³-hybridized carbons (Fsp3) is 0.222. The average molecular weight is 375 g/mol. The number of nitrogens with zero attached hydrogens (tertiary/aromatic N) is 2. The maximum atomic E-state index is 12.1. The summed E-state index contributed by atoms with van der Waals surface area (Å²) < 4.78 is 30.2. The van der Waals surface area contributed by atoms with Crippen molar-refractivity contribution in [1.82, 2.24) is 5.43 Å². The van der Waals surface area contributed by atoms with E-state index in [-0.39, 0.29) is 6.54 Å². The minimum atomic E-state index is -3.61. The number of carbonyl (C=O) groups excluding carboxylic acids is 1. The standard InChI is InChI=1S/C18H21N3O4S/c1-14-5-4-6-16(11-14)21(26(3,23)24)13-18(22)20-19-12-15-7-9-17(25-2)10-8-15/h4-12H,13H2,1-3H3,(H,20,22)/b19-12-. The molecule has 0 aliphatic heterocycles. The molecule has 0 radical (unpaired) electrons. The summed E-state index contributed by atoms with van der Waals surface area (Å²) in [6.07, 6.45) is 2.53. The van der Waals surface area contributed by atoms with Crippen molar-refractivity contribution in [2.24, 2.45) is 5.10 Å². The van der Waals surface area contributed by atoms with Crippen molar-refractivity contribution in [2.45, 2.75) is 6.92 Å². The lowest BCUT2D eigenvalue weighted by Gasteiger charge is -2.21. The molecule has 2 aromatic carbocycles. The summed E-state index contributed by atoms with van der Waals surface area (Å²) in [4.78, 5) is 12.1. The molecule has 138 valence electrons. The van der Waals surface area contributed by atoms with Gasteiger partial charge in [-0.05, 0) is 54.4 Å². The Bertz CT molecular complexity index is 893. The number of rotatable bonds is 7. The molecular weight excluding hydrogens is 354 g/mol. The number of sulfonamides is 1. The summed E-state index contributed by atoms with van der Waals surface area (Å²) in [5.74, 6) is 0.176. The van der Waals surface area contributed by atoms with E-state index in [2.05, 4.69) is 10.5 Å². The molecule has 8 heteroatoms. The summed E-state index contributed by atoms with van der Waals surface area (Å²) >= 11 is 0. The van der Waals surface area contributed by atoms with Crippen LogP contribution in [0, 0.1) is 6.92 Å². The van der Waals surface area contributed by atoms with Gasteiger partial charge in [-0.15, -0.1) is 0 Å². The van der Waals surface area contributed by atoms with Crippen LogP contribution in [0.3, 0.4) is 0 Å². The van der Waals surface area contributed by atoms with Gasteiger partial charge in [-0.1, -0.05) is 12.1 Å². The Morgan fingerprint density at radius 1 is 1.23 bits per heavy atom. The van der Waals surface area contributed by atoms with Crippen molar-refractivity contribution in [3.05, 3.63) is 59.7 Å². The Labute approximate surface area is 153 Å². The van der Waals surface area contributed by atoms with Crippen molar-refractivity contribution < 1.29 is 17.9 Å². The number of carbonyl (C=O) groups is 1. The van der Waals surface area contributed by atoms with E-state index in [0.717, 1.165) is 21.7 Å². The maximum Gasteiger partial charge on any atom is 0.260 e. The highest BCUT2D eigenvalue weighted by Gasteiger charge is 2.20. The van der Waals surface area contributed by atoms with Gasteiger partial charge in [0.05, 0.1) is 25.3 Å². The van der Waals surface area contributed by atoms with Gasteiger partial charge in [0.2, 0.25) is 10.0 Å². The van der Waals surface area contributed by atoms with Gasteiger partial charge in [0.25, 0.3) is 5.91 Å². The van der Waals surface area contributed by atoms with E-state index >= 15 is 0 Å². The number of anilines is 1. The highest BCUT2D eigenvalue weighted by Crippen LogP contribution is 2.18. The Hall–Kier alpha value is -2.87. The summed E-state index contributed by atoms with van der Waals surface area (Å²) in [7, 11) is -2.03. The number of hydrazone groups is 1. The van der Waals surface area contributed by atoms with Crippen LogP contribution < -0.4 is 14.5 Å². The molecule has 0 bridgehead atoms. The lowest BCUT2D eigenvalue weighted by molar-refractivity contribution is -0.119. The van der Waals surface area contributed by atoms with Crippen molar-refractivity contribution in [1.29, 1.82) is 0 Å². The number of aryl methyl sites for hydroxylation is 1. The Balaban J connectivity index is 2.04. The Kier molecular flexibility index (Phi) is 6.35. The third kappa shape index (κ3) is 5.59. The monoisotopic (exact) mass is 375 g/mol. The van der Waals surface area contributed by atoms with Crippen LogP contribution in [0.1, 0.15) is 11.1 Å². The summed E-state index contributed by atoms with van der Waals surface area (Å²) in [6, 6.07) is 14.0. The molecule has 26 heavy (non-hydrogen) atoms. The van der Waals surface area contributed by atoms with E-state index in [9.17, 15) is 13.2 Å². The first-order valence-corrected chi connectivity index (χ1v) is 9.65. The first-order chi connectivity index (χ1) is 12.3. The minimum Gasteiger partial charge on any atom is -0.497 e. The maximum absolute atomic E-state index is 12.1. The van der Waals surface area contributed by atoms with Gasteiger partial charge in [-0.2, -0.15) is 5.10 Å². The van der Waals surface area contributed by atoms with Gasteiger partial charge >= 0.3 is 0 Å². The summed E-state index contributed by atoms with van der Waals surface area (Å²) in [5.41, 5.74) is 4.44. The molecule has 2 aromatic rings. The second-order valence-electron chi connectivity index (χ2n) is 5.67. The number of benzene rings is 2. The number of nitrogens with one attached hydrogen (secondary N) is 1. The SMILES string of the molecule is COc1ccc(/C=N\NC(=O)CN(c2cccc(C)c2)S(C)(=O)=O)cc1. The third-order valence-electron chi connectivity index (χ3n) is 3.50. The first kappa shape index (κ1) is 19.5. The quantitative estimate of drug-likeness (QED) is 0.592. The molecule has 0 saturated heterocycles. The number of amides is 1. The molecule has 0 heterocycles. The molecule has 0 aliphatic rings. The normalized spacial score (nSPS) is 11.3. The lowest BCUT2D eigenvalue weighted by atomic mass is 10.2. The minimum absolute atomic E-state index is 0.359. The molecule has 0 unspecified atom stereocenters. The zero-order chi connectivity index (χ0) is 19.2. The van der Waals surface area contributed by atoms with Crippen LogP contribution in [-0.2, 0) is 14.8 Å². The van der Waals surface area contributed by atoms with Gasteiger partial charge < -0.3 is 4.74 Å². The fourth-order valence-electron chi connectivity index (χ4n) is 2.22. The van der Waals surface area contributed by atoms with E-state index in [1.54, 1.807) is 49.6 Å². The largest absolute Gasteiger partial charge is 0.497 e. The average Bonchev–Trinajstić information content (AvgIpc) is 2.59. The third-order valence-corrected chi connectivity index (χ3v) is 4.64. The van der Waals surface area contributed by atoms with Crippen molar-refractivity contribution in [2.75, 3.05) is 24.2 Å². The lowest BCUT2D eigenvalue weighted by Crippen LogP contribution is -2.39. The number of hydrogen-bond donors (Lipinski definition) is 1. The second kappa shape index (κ2) is 8.48. The van der Waals surface area contributed by atoms with Crippen LogP contribution in [0.2, 0.25) is 0 Å². The summed E-state index contributed by atoms with van der Waals surface area (Å²) in [5, 5.41) is 3.86. The van der Waals surface area contributed by atoms with E-state index in [0.29, 0.717) is 11.4 Å². The van der Waals surface area contributed by atoms with Crippen LogP contribution in [-0.4, -0.2) is 40.4 Å². The number of hydrogen-bond acceptors (Lipinski definition) is 5. The van der Waals surface area contributed by atoms with Crippen LogP contribution >= 0.6 is 0 Å². The van der Waals surface area contributed by atoms with Gasteiger partial charge in [0.15, 0.2) is 0 Å². The zero-order valence-corrected chi connectivity index (χ0v) is 15.7. The van der Waals surface area contributed by atoms with Gasteiger partial charge in [-0.25, -0.2) is 13.8 Å². The molecular formula is C18H21N3O4S. The summed E-state index contributed by atoms with van der Waals surface area (Å²) in [6.45, 7) is 1.49. The van der Waals surface area contributed by atoms with Crippen molar-refractivity contribution >= 4 is 27.8 Å². The molecule has 0 aromatic heterocycles. The molecule has 0 saturated carbocycles. The van der Waals surface area contributed by atoms with E-state index in [4.69, 9.17) is 4.74 Å². The molecule has 2 rings (SSSR count).